The summed E-state index contributed by atoms with van der Waals surface area (Å²) in [5.41, 5.74) is -1.15. The molecule has 19 nitrogen and oxygen atoms in total. The van der Waals surface area contributed by atoms with E-state index in [4.69, 9.17) is 32.8 Å². The number of aliphatic hydroxyl groups excluding tert-OH is 8. The Labute approximate surface area is 293 Å². The molecule has 1 aromatic heterocycles. The van der Waals surface area contributed by atoms with Crippen molar-refractivity contribution in [2.75, 3.05) is 6.61 Å². The molecule has 0 radical (unpaired) electrons. The van der Waals surface area contributed by atoms with Crippen LogP contribution in [0.25, 0.3) is 22.3 Å². The molecule has 0 saturated carbocycles. The van der Waals surface area contributed by atoms with E-state index < -0.39 is 127 Å². The van der Waals surface area contributed by atoms with Gasteiger partial charge in [0.1, 0.15) is 83.2 Å². The van der Waals surface area contributed by atoms with Crippen LogP contribution in [0, 0.1) is 0 Å². The summed E-state index contributed by atoms with van der Waals surface area (Å²) in [5.74, 6) is -2.27. The summed E-state index contributed by atoms with van der Waals surface area (Å²) in [6, 6.07) is 7.16. The van der Waals surface area contributed by atoms with Gasteiger partial charge in [0.25, 0.3) is 0 Å². The number of hydrogen-bond donors (Lipinski definition) is 11. The summed E-state index contributed by atoms with van der Waals surface area (Å²) < 4.78 is 40.3. The first-order chi connectivity index (χ1) is 24.6. The molecule has 11 N–H and O–H groups in total. The van der Waals surface area contributed by atoms with Gasteiger partial charge in [-0.05, 0) is 38.1 Å². The van der Waals surface area contributed by atoms with Gasteiger partial charge in [-0.1, -0.05) is 0 Å². The molecule has 0 unspecified atom stereocenters. The number of benzene rings is 2. The lowest BCUT2D eigenvalue weighted by Gasteiger charge is -2.46. The molecule has 3 aromatic rings. The van der Waals surface area contributed by atoms with Gasteiger partial charge in [0.05, 0.1) is 18.8 Å². The second-order valence-electron chi connectivity index (χ2n) is 12.9. The van der Waals surface area contributed by atoms with Crippen LogP contribution >= 0.6 is 0 Å². The first kappa shape index (κ1) is 38.1. The molecule has 15 atom stereocenters. The molecule has 0 bridgehead atoms. The zero-order valence-corrected chi connectivity index (χ0v) is 27.5. The summed E-state index contributed by atoms with van der Waals surface area (Å²) in [6.45, 7) is 2.12. The maximum atomic E-state index is 14.0. The zero-order valence-electron chi connectivity index (χ0n) is 27.5. The van der Waals surface area contributed by atoms with E-state index in [1.165, 1.54) is 38.1 Å². The number of rotatable bonds is 8. The van der Waals surface area contributed by atoms with Gasteiger partial charge in [0, 0.05) is 17.7 Å². The lowest BCUT2D eigenvalue weighted by Crippen LogP contribution is -2.65. The van der Waals surface area contributed by atoms with Crippen molar-refractivity contribution in [3.63, 3.8) is 0 Å². The second kappa shape index (κ2) is 15.0. The number of ether oxygens (including phenoxy) is 6. The first-order valence-corrected chi connectivity index (χ1v) is 16.2. The highest BCUT2D eigenvalue weighted by molar-refractivity contribution is 5.88. The quantitative estimate of drug-likeness (QED) is 0.113. The number of aromatic hydroxyl groups is 3. The third-order valence-electron chi connectivity index (χ3n) is 9.26. The van der Waals surface area contributed by atoms with Gasteiger partial charge in [-0.2, -0.15) is 0 Å². The van der Waals surface area contributed by atoms with E-state index in [0.29, 0.717) is 0 Å². The van der Waals surface area contributed by atoms with Gasteiger partial charge in [0.15, 0.2) is 24.4 Å². The van der Waals surface area contributed by atoms with E-state index in [1.807, 2.05) is 0 Å². The van der Waals surface area contributed by atoms with Crippen LogP contribution in [0.15, 0.2) is 45.6 Å². The van der Waals surface area contributed by atoms with Crippen molar-refractivity contribution in [3.05, 3.63) is 46.6 Å². The van der Waals surface area contributed by atoms with Crippen LogP contribution in [-0.4, -0.2) is 155 Å². The summed E-state index contributed by atoms with van der Waals surface area (Å²) in [4.78, 5) is 14.0. The molecule has 19 heteroatoms. The SMILES string of the molecule is C[C@H]1O[C@@H](OC[C@H]2O[C@@H](Oc3c(-c4ccc(O)cc4)oc4cc(O)cc(O)c4c3=O)[C@H](O[C@H]3O[C@H](C)[C@@H](O)[C@H](O)[C@H]3O)[C@@H](O)[C@@H]2O)[C@H](O)[C@@H](O)[C@@H]1O. The van der Waals surface area contributed by atoms with Crippen molar-refractivity contribution in [3.8, 4) is 34.3 Å². The fourth-order valence-electron chi connectivity index (χ4n) is 6.20. The fourth-order valence-corrected chi connectivity index (χ4v) is 6.20. The van der Waals surface area contributed by atoms with Gasteiger partial charge >= 0.3 is 0 Å². The molecule has 3 saturated heterocycles. The van der Waals surface area contributed by atoms with E-state index in [0.717, 1.165) is 12.1 Å². The van der Waals surface area contributed by atoms with Gasteiger partial charge in [0.2, 0.25) is 17.5 Å². The Morgan fingerprint density at radius 2 is 1.25 bits per heavy atom. The maximum Gasteiger partial charge on any atom is 0.239 e. The van der Waals surface area contributed by atoms with Crippen LogP contribution in [0.5, 0.6) is 23.0 Å². The van der Waals surface area contributed by atoms with Crippen molar-refractivity contribution in [1.29, 1.82) is 0 Å². The predicted octanol–water partition coefficient (Wildman–Crippen LogP) is -2.54. The van der Waals surface area contributed by atoms with Crippen LogP contribution in [0.4, 0.5) is 0 Å². The first-order valence-electron chi connectivity index (χ1n) is 16.2. The molecule has 4 heterocycles. The Balaban J connectivity index is 1.38. The number of aliphatic hydroxyl groups is 8. The van der Waals surface area contributed by atoms with Gasteiger partial charge in [-0.15, -0.1) is 0 Å². The van der Waals surface area contributed by atoms with Crippen molar-refractivity contribution in [2.24, 2.45) is 0 Å². The molecular formula is C33H40O19. The van der Waals surface area contributed by atoms with Crippen molar-refractivity contribution >= 4 is 11.0 Å². The number of phenolic OH excluding ortho intramolecular Hbond substituents is 3. The minimum atomic E-state index is -2.00. The molecule has 3 fully saturated rings. The third-order valence-corrected chi connectivity index (χ3v) is 9.26. The van der Waals surface area contributed by atoms with E-state index in [9.17, 15) is 61.0 Å². The van der Waals surface area contributed by atoms with Gasteiger partial charge < -0.3 is 89.0 Å². The lowest BCUT2D eigenvalue weighted by atomic mass is 9.97. The minimum Gasteiger partial charge on any atom is -0.508 e. The van der Waals surface area contributed by atoms with Crippen LogP contribution in [0.1, 0.15) is 13.8 Å². The molecule has 3 aliphatic heterocycles. The number of phenols is 3. The molecule has 0 aliphatic carbocycles. The normalized spacial score (nSPS) is 38.3. The molecule has 52 heavy (non-hydrogen) atoms. The molecule has 6 rings (SSSR count). The fraction of sp³-hybridized carbons (Fsp3) is 0.545. The highest BCUT2D eigenvalue weighted by Gasteiger charge is 2.52. The van der Waals surface area contributed by atoms with Crippen LogP contribution in [0.3, 0.4) is 0 Å². The van der Waals surface area contributed by atoms with E-state index in [2.05, 4.69) is 0 Å². The van der Waals surface area contributed by atoms with E-state index >= 15 is 0 Å². The van der Waals surface area contributed by atoms with Gasteiger partial charge in [-0.3, -0.25) is 4.79 Å². The minimum absolute atomic E-state index is 0.138. The Morgan fingerprint density at radius 3 is 1.88 bits per heavy atom. The molecule has 0 amide bonds. The largest absolute Gasteiger partial charge is 0.508 e. The van der Waals surface area contributed by atoms with Gasteiger partial charge in [-0.25, -0.2) is 0 Å². The second-order valence-corrected chi connectivity index (χ2v) is 12.9. The highest BCUT2D eigenvalue weighted by atomic mass is 16.8. The molecule has 2 aromatic carbocycles. The lowest BCUT2D eigenvalue weighted by molar-refractivity contribution is -0.360. The number of hydrogen-bond acceptors (Lipinski definition) is 19. The maximum absolute atomic E-state index is 14.0. The van der Waals surface area contributed by atoms with Crippen LogP contribution < -0.4 is 10.2 Å². The molecular weight excluding hydrogens is 700 g/mol. The average Bonchev–Trinajstić information content (AvgIpc) is 3.10. The zero-order chi connectivity index (χ0) is 37.8. The summed E-state index contributed by atoms with van der Waals surface area (Å²) in [5, 5.41) is 115. The van der Waals surface area contributed by atoms with E-state index in [-0.39, 0.29) is 22.7 Å². The van der Waals surface area contributed by atoms with Crippen LogP contribution in [0.2, 0.25) is 0 Å². The Bertz CT molecular complexity index is 1760. The smallest absolute Gasteiger partial charge is 0.239 e. The summed E-state index contributed by atoms with van der Waals surface area (Å²) >= 11 is 0. The Hall–Kier alpha value is -3.67. The topological polar surface area (TPSA) is 308 Å². The standard InChI is InChI=1S/C33H40O19/c1-10-19(37)23(41)26(44)31(47-10)46-9-17-21(39)25(43)30(52-32-27(45)24(42)20(38)11(2)48-32)33(50-17)51-29-22(40)18-15(36)7-14(35)8-16(18)49-28(29)12-3-5-13(34)6-4-12/h3-8,10-11,17,19-21,23-27,30-39,41-45H,9H2,1-2H3/t10-,11-,17-,19-,20-,21-,23+,24+,25+,26-,27-,30-,31-,32-,33+/m1/s1. The molecule has 0 spiro atoms. The third kappa shape index (κ3) is 7.16. The molecule has 3 aliphatic rings. The molecule has 286 valence electrons. The highest BCUT2D eigenvalue weighted by Crippen LogP contribution is 2.38. The average molecular weight is 741 g/mol. The monoisotopic (exact) mass is 740 g/mol. The van der Waals surface area contributed by atoms with Crippen molar-refractivity contribution in [2.45, 2.75) is 106 Å². The summed E-state index contributed by atoms with van der Waals surface area (Å²) in [7, 11) is 0. The van der Waals surface area contributed by atoms with Crippen LogP contribution in [-0.2, 0) is 23.7 Å². The van der Waals surface area contributed by atoms with E-state index in [1.54, 1.807) is 0 Å². The number of fused-ring (bicyclic) bond motifs is 1. The summed E-state index contributed by atoms with van der Waals surface area (Å²) in [6.07, 6.45) is -24.7. The predicted molar refractivity (Wildman–Crippen MR) is 170 cm³/mol. The Morgan fingerprint density at radius 1 is 0.654 bits per heavy atom. The van der Waals surface area contributed by atoms with Crippen molar-refractivity contribution < 1.29 is 89.0 Å². The van der Waals surface area contributed by atoms with Crippen molar-refractivity contribution in [1.82, 2.24) is 0 Å². The Kier molecular flexibility index (Phi) is 11.0.